The van der Waals surface area contributed by atoms with Crippen LogP contribution in [0.15, 0.2) is 30.3 Å². The number of benzene rings is 1. The molecule has 0 unspecified atom stereocenters. The zero-order valence-corrected chi connectivity index (χ0v) is 17.0. The van der Waals surface area contributed by atoms with Gasteiger partial charge in [-0.25, -0.2) is 0 Å². The highest BCUT2D eigenvalue weighted by atomic mass is 28.4. The van der Waals surface area contributed by atoms with E-state index in [1.165, 1.54) is 0 Å². The number of ether oxygens (including phenoxy) is 1. The van der Waals surface area contributed by atoms with E-state index >= 15 is 0 Å². The largest absolute Gasteiger partial charge is 0.414 e. The molecule has 0 radical (unpaired) electrons. The van der Waals surface area contributed by atoms with Gasteiger partial charge in [-0.05, 0) is 23.7 Å². The molecule has 0 amide bonds. The van der Waals surface area contributed by atoms with Crippen molar-refractivity contribution in [3.8, 4) is 0 Å². The lowest BCUT2D eigenvalue weighted by Gasteiger charge is -2.41. The van der Waals surface area contributed by atoms with Gasteiger partial charge in [0, 0.05) is 6.54 Å². The fourth-order valence-electron chi connectivity index (χ4n) is 2.56. The first-order valence-electron chi connectivity index (χ1n) is 9.01. The first-order chi connectivity index (χ1) is 11.6. The van der Waals surface area contributed by atoms with E-state index < -0.39 is 26.6 Å². The molecule has 142 valence electrons. The maximum Gasteiger partial charge on any atom is 0.192 e. The minimum absolute atomic E-state index is 0.102. The fourth-order valence-corrected chi connectivity index (χ4v) is 3.57. The number of aliphatic hydroxyl groups excluding tert-OH is 2. The Morgan fingerprint density at radius 2 is 1.80 bits per heavy atom. The Hall–Kier alpha value is -0.763. The van der Waals surface area contributed by atoms with Crippen molar-refractivity contribution in [3.63, 3.8) is 0 Å². The van der Waals surface area contributed by atoms with Crippen LogP contribution in [-0.4, -0.2) is 56.1 Å². The van der Waals surface area contributed by atoms with Crippen molar-refractivity contribution < 1.29 is 19.4 Å². The summed E-state index contributed by atoms with van der Waals surface area (Å²) < 4.78 is 11.9. The summed E-state index contributed by atoms with van der Waals surface area (Å²) in [5.41, 5.74) is 1.13. The lowest BCUT2D eigenvalue weighted by molar-refractivity contribution is -0.160. The van der Waals surface area contributed by atoms with Crippen molar-refractivity contribution >= 4 is 8.32 Å². The first kappa shape index (κ1) is 20.5. The average Bonchev–Trinajstić information content (AvgIpc) is 2.55. The van der Waals surface area contributed by atoms with Gasteiger partial charge in [-0.2, -0.15) is 0 Å². The molecule has 0 saturated carbocycles. The quantitative estimate of drug-likeness (QED) is 0.673. The minimum Gasteiger partial charge on any atom is -0.414 e. The van der Waals surface area contributed by atoms with Crippen LogP contribution in [0.3, 0.4) is 0 Å². The smallest absolute Gasteiger partial charge is 0.192 e. The van der Waals surface area contributed by atoms with E-state index in [-0.39, 0.29) is 11.1 Å². The van der Waals surface area contributed by atoms with Gasteiger partial charge in [0.2, 0.25) is 0 Å². The van der Waals surface area contributed by atoms with Gasteiger partial charge in [-0.1, -0.05) is 51.1 Å². The standard InChI is InChI=1S/C19H33NO4Si/c1-19(2,3)25(4,5)24-13-16-18(22)17(21)15(12-23-16)20-11-14-9-7-6-8-10-14/h6-10,15-18,20-22H,11-13H2,1-5H3/t15-,16-,17+,18+/m0/s1. The lowest BCUT2D eigenvalue weighted by atomic mass is 9.98. The van der Waals surface area contributed by atoms with Crippen LogP contribution in [0.2, 0.25) is 18.1 Å². The number of hydrogen-bond acceptors (Lipinski definition) is 5. The van der Waals surface area contributed by atoms with Gasteiger partial charge in [-0.15, -0.1) is 0 Å². The second-order valence-corrected chi connectivity index (χ2v) is 13.2. The zero-order chi connectivity index (χ0) is 18.7. The van der Waals surface area contributed by atoms with Crippen molar-refractivity contribution in [2.24, 2.45) is 0 Å². The molecule has 1 heterocycles. The lowest BCUT2D eigenvalue weighted by Crippen LogP contribution is -2.59. The summed E-state index contributed by atoms with van der Waals surface area (Å²) in [6.45, 7) is 12.2. The third-order valence-electron chi connectivity index (χ3n) is 5.46. The molecular formula is C19H33NO4Si. The second kappa shape index (κ2) is 8.29. The Labute approximate surface area is 152 Å². The molecule has 0 spiro atoms. The Morgan fingerprint density at radius 3 is 2.40 bits per heavy atom. The van der Waals surface area contributed by atoms with E-state index in [4.69, 9.17) is 9.16 Å². The maximum atomic E-state index is 10.4. The molecule has 1 aromatic carbocycles. The molecule has 5 nitrogen and oxygen atoms in total. The summed E-state index contributed by atoms with van der Waals surface area (Å²) in [4.78, 5) is 0. The van der Waals surface area contributed by atoms with E-state index in [0.717, 1.165) is 5.56 Å². The second-order valence-electron chi connectivity index (χ2n) is 8.40. The molecule has 1 aliphatic rings. The fraction of sp³-hybridized carbons (Fsp3) is 0.684. The third kappa shape index (κ3) is 5.36. The Kier molecular flexibility index (Phi) is 6.81. The van der Waals surface area contributed by atoms with Crippen LogP contribution in [0.5, 0.6) is 0 Å². The highest BCUT2D eigenvalue weighted by molar-refractivity contribution is 6.74. The summed E-state index contributed by atoms with van der Waals surface area (Å²) in [7, 11) is -1.91. The molecule has 1 saturated heterocycles. The average molecular weight is 368 g/mol. The van der Waals surface area contributed by atoms with Gasteiger partial charge in [0.05, 0.1) is 19.3 Å². The summed E-state index contributed by atoms with van der Waals surface area (Å²) in [6, 6.07) is 9.69. The summed E-state index contributed by atoms with van der Waals surface area (Å²) >= 11 is 0. The van der Waals surface area contributed by atoms with Crippen LogP contribution < -0.4 is 5.32 Å². The van der Waals surface area contributed by atoms with Gasteiger partial charge < -0.3 is 24.7 Å². The van der Waals surface area contributed by atoms with E-state index in [2.05, 4.69) is 39.2 Å². The van der Waals surface area contributed by atoms with Gasteiger partial charge in [-0.3, -0.25) is 0 Å². The third-order valence-corrected chi connectivity index (χ3v) is 9.96. The molecule has 0 aromatic heterocycles. The number of nitrogens with one attached hydrogen (secondary N) is 1. The molecule has 6 heteroatoms. The maximum absolute atomic E-state index is 10.4. The van der Waals surface area contributed by atoms with E-state index in [9.17, 15) is 10.2 Å². The van der Waals surface area contributed by atoms with Gasteiger partial charge in [0.25, 0.3) is 0 Å². The molecule has 4 atom stereocenters. The number of hydrogen-bond donors (Lipinski definition) is 3. The predicted molar refractivity (Wildman–Crippen MR) is 102 cm³/mol. The highest BCUT2D eigenvalue weighted by Gasteiger charge is 2.42. The topological polar surface area (TPSA) is 71.0 Å². The number of aliphatic hydroxyl groups is 2. The van der Waals surface area contributed by atoms with Crippen molar-refractivity contribution in [1.29, 1.82) is 0 Å². The van der Waals surface area contributed by atoms with Crippen LogP contribution in [0, 0.1) is 0 Å². The molecule has 2 rings (SSSR count). The SMILES string of the molecule is CC(C)(C)[Si](C)(C)OC[C@@H]1OC[C@H](NCc2ccccc2)[C@@H](O)[C@@H]1O. The van der Waals surface area contributed by atoms with Crippen molar-refractivity contribution in [2.75, 3.05) is 13.2 Å². The Bertz CT molecular complexity index is 532. The molecular weight excluding hydrogens is 334 g/mol. The van der Waals surface area contributed by atoms with Crippen LogP contribution in [0.25, 0.3) is 0 Å². The molecule has 1 fully saturated rings. The molecule has 3 N–H and O–H groups in total. The minimum atomic E-state index is -1.91. The molecule has 1 aliphatic heterocycles. The molecule has 0 aliphatic carbocycles. The van der Waals surface area contributed by atoms with Crippen molar-refractivity contribution in [2.45, 2.75) is 69.8 Å². The normalized spacial score (nSPS) is 28.1. The van der Waals surface area contributed by atoms with Gasteiger partial charge in [0.1, 0.15) is 18.3 Å². The first-order valence-corrected chi connectivity index (χ1v) is 11.9. The monoisotopic (exact) mass is 367 g/mol. The Morgan fingerprint density at radius 1 is 1.16 bits per heavy atom. The van der Waals surface area contributed by atoms with E-state index in [0.29, 0.717) is 19.8 Å². The molecule has 1 aromatic rings. The van der Waals surface area contributed by atoms with Crippen LogP contribution >= 0.6 is 0 Å². The highest BCUT2D eigenvalue weighted by Crippen LogP contribution is 2.36. The molecule has 25 heavy (non-hydrogen) atoms. The van der Waals surface area contributed by atoms with E-state index in [1.807, 2.05) is 30.3 Å². The van der Waals surface area contributed by atoms with Gasteiger partial charge in [0.15, 0.2) is 8.32 Å². The summed E-state index contributed by atoms with van der Waals surface area (Å²) in [5.74, 6) is 0. The number of rotatable bonds is 6. The van der Waals surface area contributed by atoms with Crippen LogP contribution in [0.1, 0.15) is 26.3 Å². The van der Waals surface area contributed by atoms with Gasteiger partial charge >= 0.3 is 0 Å². The van der Waals surface area contributed by atoms with Crippen LogP contribution in [0.4, 0.5) is 0 Å². The van der Waals surface area contributed by atoms with E-state index in [1.54, 1.807) is 0 Å². The molecule has 0 bridgehead atoms. The van der Waals surface area contributed by atoms with Crippen molar-refractivity contribution in [3.05, 3.63) is 35.9 Å². The van der Waals surface area contributed by atoms with Crippen molar-refractivity contribution in [1.82, 2.24) is 5.32 Å². The Balaban J connectivity index is 1.85. The predicted octanol–water partition coefficient (Wildman–Crippen LogP) is 2.29. The summed E-state index contributed by atoms with van der Waals surface area (Å²) in [6.07, 6.45) is -2.31. The zero-order valence-electron chi connectivity index (χ0n) is 16.0. The van der Waals surface area contributed by atoms with Crippen LogP contribution in [-0.2, 0) is 15.7 Å². The summed E-state index contributed by atoms with van der Waals surface area (Å²) in [5, 5.41) is 24.2.